The van der Waals surface area contributed by atoms with Gasteiger partial charge in [0.2, 0.25) is 0 Å². The summed E-state index contributed by atoms with van der Waals surface area (Å²) in [6.45, 7) is 0. The van der Waals surface area contributed by atoms with Crippen molar-refractivity contribution in [1.29, 1.82) is 0 Å². The molecule has 0 unspecified atom stereocenters. The van der Waals surface area contributed by atoms with Crippen LogP contribution >= 0.6 is 0 Å². The van der Waals surface area contributed by atoms with Crippen molar-refractivity contribution in [2.24, 2.45) is 17.6 Å². The summed E-state index contributed by atoms with van der Waals surface area (Å²) in [4.78, 5) is 10.6. The molecule has 0 saturated heterocycles. The number of aliphatic carboxylic acids is 1. The summed E-state index contributed by atoms with van der Waals surface area (Å²) in [5, 5.41) is 8.62. The van der Waals surface area contributed by atoms with Crippen LogP contribution in [-0.4, -0.2) is 23.3 Å². The van der Waals surface area contributed by atoms with E-state index in [1.54, 1.807) is 0 Å². The van der Waals surface area contributed by atoms with Crippen LogP contribution in [0.15, 0.2) is 0 Å². The molecule has 1 rings (SSSR count). The molecule has 0 radical (unpaired) electrons. The summed E-state index contributed by atoms with van der Waals surface area (Å²) < 4.78 is 38.3. The van der Waals surface area contributed by atoms with Crippen molar-refractivity contribution in [3.63, 3.8) is 0 Å². The zero-order valence-electron chi connectivity index (χ0n) is 8.83. The third-order valence-corrected chi connectivity index (χ3v) is 3.21. The van der Waals surface area contributed by atoms with E-state index < -0.39 is 30.0 Å². The average Bonchev–Trinajstić information content (AvgIpc) is 2.17. The van der Waals surface area contributed by atoms with E-state index >= 15 is 0 Å². The summed E-state index contributed by atoms with van der Waals surface area (Å²) in [5.41, 5.74) is 5.16. The van der Waals surface area contributed by atoms with Crippen molar-refractivity contribution < 1.29 is 23.1 Å². The molecule has 0 spiro atoms. The van der Waals surface area contributed by atoms with Crippen LogP contribution in [0.25, 0.3) is 0 Å². The number of alkyl halides is 3. The average molecular weight is 239 g/mol. The molecule has 0 heterocycles. The van der Waals surface area contributed by atoms with Gasteiger partial charge in [-0.1, -0.05) is 19.3 Å². The number of halogens is 3. The van der Waals surface area contributed by atoms with Crippen LogP contribution in [0.3, 0.4) is 0 Å². The standard InChI is InChI=1S/C10H16F3NO2/c11-10(12,13)7(8(14)9(15)16)6-4-2-1-3-5-6/h6-8H,1-5,14H2,(H,15,16)/t7-,8+/m0/s1. The van der Waals surface area contributed by atoms with Crippen molar-refractivity contribution in [1.82, 2.24) is 0 Å². The monoisotopic (exact) mass is 239 g/mol. The largest absolute Gasteiger partial charge is 0.480 e. The van der Waals surface area contributed by atoms with Gasteiger partial charge in [0.15, 0.2) is 0 Å². The van der Waals surface area contributed by atoms with Crippen molar-refractivity contribution in [3.8, 4) is 0 Å². The molecule has 16 heavy (non-hydrogen) atoms. The molecule has 0 aliphatic heterocycles. The minimum Gasteiger partial charge on any atom is -0.480 e. The van der Waals surface area contributed by atoms with Gasteiger partial charge in [-0.3, -0.25) is 4.79 Å². The number of hydrogen-bond acceptors (Lipinski definition) is 2. The highest BCUT2D eigenvalue weighted by Crippen LogP contribution is 2.40. The number of carboxylic acid groups (broad SMARTS) is 1. The van der Waals surface area contributed by atoms with Gasteiger partial charge in [0.05, 0.1) is 5.92 Å². The van der Waals surface area contributed by atoms with Gasteiger partial charge in [-0.05, 0) is 18.8 Å². The normalized spacial score (nSPS) is 22.8. The third-order valence-electron chi connectivity index (χ3n) is 3.21. The molecule has 2 atom stereocenters. The van der Waals surface area contributed by atoms with Gasteiger partial charge >= 0.3 is 12.1 Å². The molecule has 3 N–H and O–H groups in total. The van der Waals surface area contributed by atoms with Crippen molar-refractivity contribution in [2.75, 3.05) is 0 Å². The Morgan fingerprint density at radius 1 is 1.25 bits per heavy atom. The Hall–Kier alpha value is -0.780. The Balaban J connectivity index is 2.81. The molecule has 0 bridgehead atoms. The summed E-state index contributed by atoms with van der Waals surface area (Å²) in [6, 6.07) is -1.84. The first-order valence-electron chi connectivity index (χ1n) is 5.39. The Morgan fingerprint density at radius 3 is 2.12 bits per heavy atom. The maximum Gasteiger partial charge on any atom is 0.394 e. The molecular formula is C10H16F3NO2. The predicted molar refractivity (Wildman–Crippen MR) is 51.7 cm³/mol. The lowest BCUT2D eigenvalue weighted by atomic mass is 9.76. The Bertz CT molecular complexity index is 249. The zero-order valence-corrected chi connectivity index (χ0v) is 8.83. The summed E-state index contributed by atoms with van der Waals surface area (Å²) in [5.74, 6) is -4.13. The number of carboxylic acids is 1. The molecule has 1 aliphatic carbocycles. The Kier molecular flexibility index (Phi) is 4.18. The molecule has 0 aromatic rings. The van der Waals surface area contributed by atoms with Gasteiger partial charge in [-0.15, -0.1) is 0 Å². The maximum absolute atomic E-state index is 12.8. The second-order valence-electron chi connectivity index (χ2n) is 4.33. The van der Waals surface area contributed by atoms with Crippen LogP contribution in [0.4, 0.5) is 13.2 Å². The fourth-order valence-corrected chi connectivity index (χ4v) is 2.41. The van der Waals surface area contributed by atoms with Gasteiger partial charge < -0.3 is 10.8 Å². The van der Waals surface area contributed by atoms with E-state index in [1.165, 1.54) is 0 Å². The van der Waals surface area contributed by atoms with Gasteiger partial charge in [-0.2, -0.15) is 13.2 Å². The molecule has 0 aromatic carbocycles. The van der Waals surface area contributed by atoms with Gasteiger partial charge in [0.25, 0.3) is 0 Å². The molecule has 1 aliphatic rings. The smallest absolute Gasteiger partial charge is 0.394 e. The highest BCUT2D eigenvalue weighted by atomic mass is 19.4. The van der Waals surface area contributed by atoms with E-state index in [9.17, 15) is 18.0 Å². The molecule has 1 fully saturated rings. The number of nitrogens with two attached hydrogens (primary N) is 1. The van der Waals surface area contributed by atoms with Crippen molar-refractivity contribution in [3.05, 3.63) is 0 Å². The lowest BCUT2D eigenvalue weighted by Gasteiger charge is -2.33. The molecule has 0 aromatic heterocycles. The summed E-state index contributed by atoms with van der Waals surface area (Å²) >= 11 is 0. The first kappa shape index (κ1) is 13.3. The lowest BCUT2D eigenvalue weighted by molar-refractivity contribution is -0.202. The van der Waals surface area contributed by atoms with Crippen LogP contribution in [0.2, 0.25) is 0 Å². The van der Waals surface area contributed by atoms with Gasteiger partial charge in [0, 0.05) is 0 Å². The zero-order chi connectivity index (χ0) is 12.3. The van der Waals surface area contributed by atoms with Crippen LogP contribution < -0.4 is 5.73 Å². The molecule has 0 amide bonds. The van der Waals surface area contributed by atoms with E-state index in [4.69, 9.17) is 10.8 Å². The Morgan fingerprint density at radius 2 is 1.75 bits per heavy atom. The van der Waals surface area contributed by atoms with E-state index in [0.29, 0.717) is 12.8 Å². The molecule has 94 valence electrons. The SMILES string of the molecule is N[C@@H](C(=O)O)[C@H](C1CCCCC1)C(F)(F)F. The third kappa shape index (κ3) is 3.10. The highest BCUT2D eigenvalue weighted by molar-refractivity contribution is 5.73. The van der Waals surface area contributed by atoms with E-state index in [-0.39, 0.29) is 0 Å². The van der Waals surface area contributed by atoms with Crippen LogP contribution in [-0.2, 0) is 4.79 Å². The molecular weight excluding hydrogens is 223 g/mol. The van der Waals surface area contributed by atoms with E-state index in [1.807, 2.05) is 0 Å². The number of carbonyl (C=O) groups is 1. The predicted octanol–water partition coefficient (Wildman–Crippen LogP) is 2.16. The van der Waals surface area contributed by atoms with Crippen LogP contribution in [0.1, 0.15) is 32.1 Å². The van der Waals surface area contributed by atoms with Crippen molar-refractivity contribution >= 4 is 5.97 Å². The van der Waals surface area contributed by atoms with Crippen LogP contribution in [0.5, 0.6) is 0 Å². The van der Waals surface area contributed by atoms with Gasteiger partial charge in [0.1, 0.15) is 6.04 Å². The number of rotatable bonds is 3. The van der Waals surface area contributed by atoms with E-state index in [2.05, 4.69) is 0 Å². The molecule has 3 nitrogen and oxygen atoms in total. The van der Waals surface area contributed by atoms with Gasteiger partial charge in [-0.25, -0.2) is 0 Å². The Labute approximate surface area is 91.8 Å². The minimum atomic E-state index is -4.53. The first-order chi connectivity index (χ1) is 7.34. The number of hydrogen-bond donors (Lipinski definition) is 2. The van der Waals surface area contributed by atoms with Crippen LogP contribution in [0, 0.1) is 11.8 Å². The minimum absolute atomic E-state index is 0.422. The second-order valence-corrected chi connectivity index (χ2v) is 4.33. The molecule has 1 saturated carbocycles. The topological polar surface area (TPSA) is 63.3 Å². The fraction of sp³-hybridized carbons (Fsp3) is 0.900. The first-order valence-corrected chi connectivity index (χ1v) is 5.39. The maximum atomic E-state index is 12.8. The second kappa shape index (κ2) is 5.03. The summed E-state index contributed by atoms with van der Waals surface area (Å²) in [7, 11) is 0. The summed E-state index contributed by atoms with van der Waals surface area (Å²) in [6.07, 6.45) is -1.31. The lowest BCUT2D eigenvalue weighted by Crippen LogP contribution is -2.49. The van der Waals surface area contributed by atoms with E-state index in [0.717, 1.165) is 19.3 Å². The quantitative estimate of drug-likeness (QED) is 0.793. The van der Waals surface area contributed by atoms with Crippen molar-refractivity contribution in [2.45, 2.75) is 44.3 Å². The molecule has 6 heteroatoms. The fourth-order valence-electron chi connectivity index (χ4n) is 2.41. The highest BCUT2D eigenvalue weighted by Gasteiger charge is 2.50.